The van der Waals surface area contributed by atoms with Crippen LogP contribution in [0.25, 0.3) is 0 Å². The summed E-state index contributed by atoms with van der Waals surface area (Å²) < 4.78 is 6.11. The SMILES string of the molecule is C[SiH](C)OC([C@H]1CC[C@@H](C(=O)O)N1)C(C)(C)C. The van der Waals surface area contributed by atoms with Gasteiger partial charge in [0, 0.05) is 6.04 Å². The zero-order chi connectivity index (χ0) is 13.2. The van der Waals surface area contributed by atoms with E-state index < -0.39 is 21.1 Å². The van der Waals surface area contributed by atoms with Gasteiger partial charge >= 0.3 is 5.97 Å². The van der Waals surface area contributed by atoms with Crippen LogP contribution < -0.4 is 5.32 Å². The maximum atomic E-state index is 10.9. The fourth-order valence-corrected chi connectivity index (χ4v) is 3.58. The Morgan fingerprint density at radius 2 is 2.00 bits per heavy atom. The minimum Gasteiger partial charge on any atom is -0.480 e. The fourth-order valence-electron chi connectivity index (χ4n) is 2.40. The second-order valence-corrected chi connectivity index (χ2v) is 8.58. The summed E-state index contributed by atoms with van der Waals surface area (Å²) in [6, 6.07) is -0.228. The molecule has 0 bridgehead atoms. The lowest BCUT2D eigenvalue weighted by Crippen LogP contribution is -2.49. The molecule has 1 aliphatic heterocycles. The average molecular weight is 259 g/mol. The molecule has 0 spiro atoms. The Labute approximate surface area is 105 Å². The zero-order valence-corrected chi connectivity index (χ0v) is 12.6. The summed E-state index contributed by atoms with van der Waals surface area (Å²) in [5.41, 5.74) is 0.0440. The lowest BCUT2D eigenvalue weighted by Gasteiger charge is -2.37. The number of hydrogen-bond donors (Lipinski definition) is 2. The van der Waals surface area contributed by atoms with Crippen LogP contribution in [0.15, 0.2) is 0 Å². The van der Waals surface area contributed by atoms with E-state index in [4.69, 9.17) is 9.53 Å². The maximum absolute atomic E-state index is 10.9. The van der Waals surface area contributed by atoms with Crippen LogP contribution in [0.4, 0.5) is 0 Å². The fraction of sp³-hybridized carbons (Fsp3) is 0.917. The third kappa shape index (κ3) is 4.08. The maximum Gasteiger partial charge on any atom is 0.320 e. The van der Waals surface area contributed by atoms with Crippen molar-refractivity contribution in [2.45, 2.75) is 64.9 Å². The van der Waals surface area contributed by atoms with Crippen LogP contribution in [-0.4, -0.2) is 38.3 Å². The Bertz CT molecular complexity index is 275. The molecule has 2 N–H and O–H groups in total. The lowest BCUT2D eigenvalue weighted by atomic mass is 9.84. The topological polar surface area (TPSA) is 58.6 Å². The number of hydrogen-bond acceptors (Lipinski definition) is 3. The molecule has 3 atom stereocenters. The van der Waals surface area contributed by atoms with Gasteiger partial charge in [-0.2, -0.15) is 0 Å². The molecule has 1 aliphatic rings. The van der Waals surface area contributed by atoms with E-state index in [1.54, 1.807) is 0 Å². The van der Waals surface area contributed by atoms with Gasteiger partial charge in [0.25, 0.3) is 0 Å². The molecule has 0 aromatic rings. The molecule has 1 fully saturated rings. The number of aliphatic carboxylic acids is 1. The van der Waals surface area contributed by atoms with E-state index in [1.807, 2.05) is 0 Å². The molecular formula is C12H25NO3Si. The quantitative estimate of drug-likeness (QED) is 0.753. The second-order valence-electron chi connectivity index (χ2n) is 6.21. The van der Waals surface area contributed by atoms with Crippen molar-refractivity contribution in [1.82, 2.24) is 5.32 Å². The lowest BCUT2D eigenvalue weighted by molar-refractivity contribution is -0.139. The van der Waals surface area contributed by atoms with Gasteiger partial charge in [-0.15, -0.1) is 0 Å². The number of carbonyl (C=O) groups is 1. The van der Waals surface area contributed by atoms with Crippen LogP contribution >= 0.6 is 0 Å². The number of rotatable bonds is 4. The molecule has 0 aliphatic carbocycles. The van der Waals surface area contributed by atoms with Crippen LogP contribution in [0, 0.1) is 5.41 Å². The first-order chi connectivity index (χ1) is 7.71. The summed E-state index contributed by atoms with van der Waals surface area (Å²) in [6.45, 7) is 10.8. The van der Waals surface area contributed by atoms with Crippen molar-refractivity contribution in [3.63, 3.8) is 0 Å². The molecule has 5 heteroatoms. The van der Waals surface area contributed by atoms with Gasteiger partial charge in [-0.05, 0) is 31.4 Å². The van der Waals surface area contributed by atoms with Gasteiger partial charge in [-0.25, -0.2) is 0 Å². The minimum atomic E-state index is -1.12. The Balaban J connectivity index is 2.69. The van der Waals surface area contributed by atoms with E-state index >= 15 is 0 Å². The number of carboxylic acids is 1. The average Bonchev–Trinajstić information content (AvgIpc) is 2.60. The molecule has 100 valence electrons. The molecule has 0 saturated carbocycles. The summed E-state index contributed by atoms with van der Waals surface area (Å²) in [5, 5.41) is 12.2. The number of nitrogens with one attached hydrogen (secondary N) is 1. The summed E-state index contributed by atoms with van der Waals surface area (Å²) in [4.78, 5) is 10.9. The monoisotopic (exact) mass is 259 g/mol. The highest BCUT2D eigenvalue weighted by atomic mass is 28.3. The third-order valence-corrected chi connectivity index (χ3v) is 3.96. The van der Waals surface area contributed by atoms with Gasteiger partial charge in [0.15, 0.2) is 9.04 Å². The molecule has 0 aromatic carbocycles. The van der Waals surface area contributed by atoms with Gasteiger partial charge in [-0.3, -0.25) is 10.1 Å². The van der Waals surface area contributed by atoms with Crippen molar-refractivity contribution >= 4 is 15.0 Å². The van der Waals surface area contributed by atoms with Gasteiger partial charge in [-0.1, -0.05) is 20.8 Å². The zero-order valence-electron chi connectivity index (χ0n) is 11.5. The van der Waals surface area contributed by atoms with Crippen LogP contribution in [0.5, 0.6) is 0 Å². The minimum absolute atomic E-state index is 0.0440. The van der Waals surface area contributed by atoms with E-state index in [9.17, 15) is 4.79 Å². The molecule has 0 amide bonds. The van der Waals surface area contributed by atoms with Crippen molar-refractivity contribution in [3.8, 4) is 0 Å². The number of carboxylic acid groups (broad SMARTS) is 1. The normalized spacial score (nSPS) is 27.4. The predicted octanol–water partition coefficient (Wildman–Crippen LogP) is 1.61. The molecule has 1 rings (SSSR count). The van der Waals surface area contributed by atoms with Crippen molar-refractivity contribution in [1.29, 1.82) is 0 Å². The van der Waals surface area contributed by atoms with Gasteiger partial charge in [0.05, 0.1) is 6.10 Å². The first-order valence-corrected chi connectivity index (χ1v) is 9.14. The summed E-state index contributed by atoms with van der Waals surface area (Å²) in [7, 11) is -1.12. The van der Waals surface area contributed by atoms with E-state index in [2.05, 4.69) is 39.2 Å². The van der Waals surface area contributed by atoms with Crippen LogP contribution in [0.2, 0.25) is 13.1 Å². The summed E-state index contributed by atoms with van der Waals surface area (Å²) in [5.74, 6) is -0.748. The largest absolute Gasteiger partial charge is 0.480 e. The highest BCUT2D eigenvalue weighted by Gasteiger charge is 2.39. The highest BCUT2D eigenvalue weighted by molar-refractivity contribution is 6.48. The van der Waals surface area contributed by atoms with Crippen molar-refractivity contribution in [2.75, 3.05) is 0 Å². The van der Waals surface area contributed by atoms with Crippen LogP contribution in [0.3, 0.4) is 0 Å². The van der Waals surface area contributed by atoms with E-state index in [1.165, 1.54) is 0 Å². The summed E-state index contributed by atoms with van der Waals surface area (Å²) >= 11 is 0. The smallest absolute Gasteiger partial charge is 0.320 e. The molecule has 4 nitrogen and oxygen atoms in total. The Morgan fingerprint density at radius 3 is 2.35 bits per heavy atom. The second kappa shape index (κ2) is 5.50. The van der Waals surface area contributed by atoms with E-state index in [0.717, 1.165) is 6.42 Å². The van der Waals surface area contributed by atoms with E-state index in [0.29, 0.717) is 6.42 Å². The first-order valence-electron chi connectivity index (χ1n) is 6.36. The Hall–Kier alpha value is -0.393. The molecule has 1 heterocycles. The molecule has 17 heavy (non-hydrogen) atoms. The van der Waals surface area contributed by atoms with Gasteiger partial charge < -0.3 is 9.53 Å². The Kier molecular flexibility index (Phi) is 4.74. The molecule has 0 radical (unpaired) electrons. The molecule has 1 saturated heterocycles. The predicted molar refractivity (Wildman–Crippen MR) is 70.8 cm³/mol. The first kappa shape index (κ1) is 14.7. The molecular weight excluding hydrogens is 234 g/mol. The molecule has 0 aromatic heterocycles. The van der Waals surface area contributed by atoms with Crippen LogP contribution in [0.1, 0.15) is 33.6 Å². The Morgan fingerprint density at radius 1 is 1.41 bits per heavy atom. The van der Waals surface area contributed by atoms with E-state index in [-0.39, 0.29) is 17.6 Å². The van der Waals surface area contributed by atoms with Gasteiger partial charge in [0.2, 0.25) is 0 Å². The van der Waals surface area contributed by atoms with Crippen molar-refractivity contribution in [2.24, 2.45) is 5.41 Å². The van der Waals surface area contributed by atoms with Crippen LogP contribution in [-0.2, 0) is 9.22 Å². The van der Waals surface area contributed by atoms with Crippen molar-refractivity contribution in [3.05, 3.63) is 0 Å². The highest BCUT2D eigenvalue weighted by Crippen LogP contribution is 2.30. The van der Waals surface area contributed by atoms with Crippen molar-refractivity contribution < 1.29 is 14.3 Å². The molecule has 1 unspecified atom stereocenters. The summed E-state index contributed by atoms with van der Waals surface area (Å²) in [6.07, 6.45) is 1.70. The van der Waals surface area contributed by atoms with Gasteiger partial charge in [0.1, 0.15) is 6.04 Å². The standard InChI is InChI=1S/C12H25NO3Si/c1-12(2,3)10(16-17(4)5)8-6-7-9(13-8)11(14)15/h8-10,13,17H,6-7H2,1-5H3,(H,14,15)/t8-,9+,10?/m1/s1. The third-order valence-electron chi connectivity index (χ3n) is 3.12.